The Balaban J connectivity index is 3.52. The third-order valence-corrected chi connectivity index (χ3v) is 4.26. The molecule has 6 heteroatoms. The Morgan fingerprint density at radius 1 is 1.36 bits per heavy atom. The number of aliphatic hydroxyl groups excluding tert-OH is 1. The van der Waals surface area contributed by atoms with Gasteiger partial charge in [-0.05, 0) is 18.8 Å². The average molecular weight is 243 g/mol. The molecule has 1 atom stereocenters. The van der Waals surface area contributed by atoms with E-state index in [0.717, 1.165) is 25.7 Å². The minimum Gasteiger partial charge on any atom is -0.396 e. The molecular weight excluding hydrogens is 224 g/mol. The molecule has 0 saturated heterocycles. The Labute approximate surface area is 89.0 Å². The highest BCUT2D eigenvalue weighted by molar-refractivity contribution is 8.34. The molecule has 0 amide bonds. The number of unbranched alkanes of at least 4 members (excludes halogenated alkanes) is 1. The van der Waals surface area contributed by atoms with Crippen LogP contribution in [0.4, 0.5) is 0 Å². The Morgan fingerprint density at radius 2 is 2.00 bits per heavy atom. The van der Waals surface area contributed by atoms with E-state index in [-0.39, 0.29) is 6.61 Å². The van der Waals surface area contributed by atoms with Crippen LogP contribution in [0.3, 0.4) is 0 Å². The van der Waals surface area contributed by atoms with Gasteiger partial charge in [-0.2, -0.15) is 4.21 Å². The van der Waals surface area contributed by atoms with Crippen LogP contribution in [0.1, 0.15) is 32.6 Å². The van der Waals surface area contributed by atoms with Crippen molar-refractivity contribution < 1.29 is 18.4 Å². The van der Waals surface area contributed by atoms with Crippen molar-refractivity contribution in [2.24, 2.45) is 5.92 Å². The van der Waals surface area contributed by atoms with Gasteiger partial charge in [0.1, 0.15) is 0 Å². The summed E-state index contributed by atoms with van der Waals surface area (Å²) < 4.78 is 27.5. The molecule has 86 valence electrons. The van der Waals surface area contributed by atoms with Crippen molar-refractivity contribution in [3.63, 3.8) is 0 Å². The van der Waals surface area contributed by atoms with Gasteiger partial charge < -0.3 is 5.11 Å². The second kappa shape index (κ2) is 7.53. The largest absolute Gasteiger partial charge is 0.430 e. The summed E-state index contributed by atoms with van der Waals surface area (Å²) in [6, 6.07) is 0. The standard InChI is InChI=1S/C8H18O4S2/c1-2-8(7-9)5-3-4-6-13-14(10,11)12/h8-9H,2-7H2,1H3,(H-,10,11,12)/p+1. The van der Waals surface area contributed by atoms with E-state index in [9.17, 15) is 4.21 Å². The monoisotopic (exact) mass is 243 g/mol. The van der Waals surface area contributed by atoms with E-state index in [0.29, 0.717) is 22.0 Å². The number of aliphatic hydroxyl groups is 1. The van der Waals surface area contributed by atoms with E-state index in [1.54, 1.807) is 0 Å². The van der Waals surface area contributed by atoms with Crippen LogP contribution in [0.25, 0.3) is 0 Å². The fourth-order valence-corrected chi connectivity index (χ4v) is 2.67. The predicted molar refractivity (Wildman–Crippen MR) is 60.3 cm³/mol. The van der Waals surface area contributed by atoms with Gasteiger partial charge >= 0.3 is 9.05 Å². The van der Waals surface area contributed by atoms with E-state index in [1.807, 2.05) is 6.92 Å². The molecule has 0 aliphatic rings. The molecule has 0 aromatic carbocycles. The Bertz CT molecular complexity index is 234. The van der Waals surface area contributed by atoms with Crippen LogP contribution in [0.2, 0.25) is 0 Å². The normalized spacial score (nSPS) is 14.0. The van der Waals surface area contributed by atoms with E-state index < -0.39 is 9.05 Å². The summed E-state index contributed by atoms with van der Waals surface area (Å²) in [4.78, 5) is 0. The Morgan fingerprint density at radius 3 is 2.43 bits per heavy atom. The van der Waals surface area contributed by atoms with Crippen LogP contribution in [-0.2, 0) is 19.4 Å². The lowest BCUT2D eigenvalue weighted by atomic mass is 10.0. The van der Waals surface area contributed by atoms with Gasteiger partial charge in [0.2, 0.25) is 0 Å². The van der Waals surface area contributed by atoms with Crippen molar-refractivity contribution in [3.05, 3.63) is 0 Å². The number of hydrogen-bond donors (Lipinski definition) is 3. The molecule has 0 heterocycles. The van der Waals surface area contributed by atoms with Gasteiger partial charge in [0.05, 0.1) is 0 Å². The maximum Gasteiger partial charge on any atom is 0.430 e. The first-order valence-corrected chi connectivity index (χ1v) is 7.71. The predicted octanol–water partition coefficient (Wildman–Crippen LogP) is 1.40. The van der Waals surface area contributed by atoms with Gasteiger partial charge in [-0.15, -0.1) is 0 Å². The third kappa shape index (κ3) is 8.83. The molecule has 14 heavy (non-hydrogen) atoms. The van der Waals surface area contributed by atoms with E-state index in [2.05, 4.69) is 0 Å². The topological polar surface area (TPSA) is 77.8 Å². The first-order valence-electron chi connectivity index (χ1n) is 4.74. The highest BCUT2D eigenvalue weighted by Gasteiger charge is 2.10. The minimum atomic E-state index is -3.62. The quantitative estimate of drug-likeness (QED) is 0.466. The smallest absolute Gasteiger partial charge is 0.396 e. The van der Waals surface area contributed by atoms with Crippen molar-refractivity contribution in [1.29, 1.82) is 0 Å². The van der Waals surface area contributed by atoms with Gasteiger partial charge in [0.15, 0.2) is 5.75 Å². The van der Waals surface area contributed by atoms with Gasteiger partial charge in [-0.3, -0.25) is 9.11 Å². The molecule has 0 rings (SSSR count). The van der Waals surface area contributed by atoms with Crippen LogP contribution in [0.15, 0.2) is 0 Å². The van der Waals surface area contributed by atoms with Gasteiger partial charge in [0.25, 0.3) is 10.3 Å². The number of hydrogen-bond acceptors (Lipinski definition) is 2. The van der Waals surface area contributed by atoms with Gasteiger partial charge in [0, 0.05) is 13.0 Å². The summed E-state index contributed by atoms with van der Waals surface area (Å²) in [7, 11) is -2.94. The lowest BCUT2D eigenvalue weighted by Gasteiger charge is -2.08. The van der Waals surface area contributed by atoms with Gasteiger partial charge in [-0.25, -0.2) is 0 Å². The summed E-state index contributed by atoms with van der Waals surface area (Å²) in [5.74, 6) is 0.820. The van der Waals surface area contributed by atoms with Crippen molar-refractivity contribution in [2.45, 2.75) is 32.6 Å². The zero-order valence-corrected chi connectivity index (χ0v) is 10.0. The Kier molecular flexibility index (Phi) is 7.66. The molecule has 0 saturated carbocycles. The second-order valence-corrected chi connectivity index (χ2v) is 6.77. The van der Waals surface area contributed by atoms with Crippen LogP contribution < -0.4 is 0 Å². The molecular formula is C8H19O4S2+. The SMILES string of the molecule is CCC(CO)CCCC[S+]=S(=O)(O)O. The molecule has 0 bridgehead atoms. The van der Waals surface area contributed by atoms with Crippen LogP contribution >= 0.6 is 0 Å². The average Bonchev–Trinajstić information content (AvgIpc) is 2.09. The van der Waals surface area contributed by atoms with E-state index in [1.165, 1.54) is 0 Å². The molecule has 4 nitrogen and oxygen atoms in total. The zero-order valence-electron chi connectivity index (χ0n) is 8.39. The van der Waals surface area contributed by atoms with Crippen LogP contribution in [-0.4, -0.2) is 30.8 Å². The first kappa shape index (κ1) is 14.2. The second-order valence-electron chi connectivity index (χ2n) is 3.22. The molecule has 1 unspecified atom stereocenters. The third-order valence-electron chi connectivity index (χ3n) is 2.08. The number of rotatable bonds is 7. The molecule has 0 fully saturated rings. The highest BCUT2D eigenvalue weighted by atomic mass is 32.9. The molecule has 0 aliphatic heterocycles. The van der Waals surface area contributed by atoms with Crippen LogP contribution in [0, 0.1) is 5.92 Å². The molecule has 0 aromatic heterocycles. The van der Waals surface area contributed by atoms with E-state index >= 15 is 0 Å². The first-order chi connectivity index (χ1) is 6.49. The summed E-state index contributed by atoms with van der Waals surface area (Å²) in [6.07, 6.45) is 3.60. The minimum absolute atomic E-state index is 0.209. The molecule has 0 aliphatic carbocycles. The summed E-state index contributed by atoms with van der Waals surface area (Å²) in [5, 5.41) is 8.88. The summed E-state index contributed by atoms with van der Waals surface area (Å²) in [6.45, 7) is 2.24. The fourth-order valence-electron chi connectivity index (χ4n) is 1.13. The van der Waals surface area contributed by atoms with Gasteiger partial charge in [-0.1, -0.05) is 13.3 Å². The van der Waals surface area contributed by atoms with Crippen molar-refractivity contribution in [3.8, 4) is 0 Å². The molecule has 0 aromatic rings. The highest BCUT2D eigenvalue weighted by Crippen LogP contribution is 2.11. The Hall–Kier alpha value is 0.250. The van der Waals surface area contributed by atoms with Crippen molar-refractivity contribution in [2.75, 3.05) is 12.4 Å². The maximum atomic E-state index is 10.4. The maximum absolute atomic E-state index is 10.4. The summed E-state index contributed by atoms with van der Waals surface area (Å²) >= 11 is 0. The van der Waals surface area contributed by atoms with Crippen LogP contribution in [0.5, 0.6) is 0 Å². The van der Waals surface area contributed by atoms with E-state index in [4.69, 9.17) is 14.2 Å². The zero-order chi connectivity index (χ0) is 11.0. The molecule has 0 spiro atoms. The van der Waals surface area contributed by atoms with Crippen molar-refractivity contribution >= 4 is 19.4 Å². The molecule has 0 radical (unpaired) electrons. The van der Waals surface area contributed by atoms with Crippen molar-refractivity contribution in [1.82, 2.24) is 0 Å². The molecule has 3 N–H and O–H groups in total. The lowest BCUT2D eigenvalue weighted by molar-refractivity contribution is 0.212. The summed E-state index contributed by atoms with van der Waals surface area (Å²) in [5.41, 5.74) is 0. The fraction of sp³-hybridized carbons (Fsp3) is 1.00. The lowest BCUT2D eigenvalue weighted by Crippen LogP contribution is -2.05.